The third-order valence-electron chi connectivity index (χ3n) is 3.96. The van der Waals surface area contributed by atoms with Crippen molar-refractivity contribution in [3.8, 4) is 0 Å². The van der Waals surface area contributed by atoms with Crippen LogP contribution in [0.1, 0.15) is 49.0 Å². The molecule has 1 aromatic heterocycles. The van der Waals surface area contributed by atoms with Crippen molar-refractivity contribution in [3.63, 3.8) is 0 Å². The maximum Gasteiger partial charge on any atom is 0.259 e. The minimum absolute atomic E-state index is 0.0793. The Hall–Kier alpha value is -1.36. The van der Waals surface area contributed by atoms with Crippen LogP contribution >= 0.6 is 0 Å². The van der Waals surface area contributed by atoms with Crippen LogP contribution in [-0.4, -0.2) is 53.1 Å². The first-order valence-electron chi connectivity index (χ1n) is 7.53. The SMILES string of the molecule is CCCc1onc(C)c1C(=O)N1CCN(C(C)C)CC1. The van der Waals surface area contributed by atoms with Gasteiger partial charge in [0, 0.05) is 38.6 Å². The molecule has 1 saturated heterocycles. The highest BCUT2D eigenvalue weighted by Crippen LogP contribution is 2.19. The highest BCUT2D eigenvalue weighted by atomic mass is 16.5. The lowest BCUT2D eigenvalue weighted by molar-refractivity contribution is 0.0592. The number of aromatic nitrogens is 1. The van der Waals surface area contributed by atoms with Crippen molar-refractivity contribution < 1.29 is 9.32 Å². The second kappa shape index (κ2) is 6.39. The van der Waals surface area contributed by atoms with Gasteiger partial charge in [0.2, 0.25) is 0 Å². The highest BCUT2D eigenvalue weighted by molar-refractivity contribution is 5.96. The number of amides is 1. The lowest BCUT2D eigenvalue weighted by atomic mass is 10.1. The molecule has 0 atom stereocenters. The predicted molar refractivity (Wildman–Crippen MR) is 77.8 cm³/mol. The largest absolute Gasteiger partial charge is 0.360 e. The van der Waals surface area contributed by atoms with E-state index in [0.717, 1.165) is 44.8 Å². The number of piperazine rings is 1. The summed E-state index contributed by atoms with van der Waals surface area (Å²) in [5.74, 6) is 0.817. The fraction of sp³-hybridized carbons (Fsp3) is 0.733. The number of hydrogen-bond donors (Lipinski definition) is 0. The van der Waals surface area contributed by atoms with Crippen LogP contribution in [0.5, 0.6) is 0 Å². The van der Waals surface area contributed by atoms with Crippen LogP contribution in [0, 0.1) is 6.92 Å². The zero-order chi connectivity index (χ0) is 14.7. The number of rotatable bonds is 4. The van der Waals surface area contributed by atoms with Gasteiger partial charge in [-0.3, -0.25) is 9.69 Å². The minimum Gasteiger partial charge on any atom is -0.360 e. The summed E-state index contributed by atoms with van der Waals surface area (Å²) in [6.07, 6.45) is 1.73. The van der Waals surface area contributed by atoms with Gasteiger partial charge in [0.25, 0.3) is 5.91 Å². The lowest BCUT2D eigenvalue weighted by Gasteiger charge is -2.36. The highest BCUT2D eigenvalue weighted by Gasteiger charge is 2.28. The van der Waals surface area contributed by atoms with Gasteiger partial charge in [0.15, 0.2) is 0 Å². The maximum atomic E-state index is 12.7. The average Bonchev–Trinajstić information content (AvgIpc) is 2.79. The third-order valence-corrected chi connectivity index (χ3v) is 3.96. The molecule has 0 saturated carbocycles. The summed E-state index contributed by atoms with van der Waals surface area (Å²) in [6, 6.07) is 0.542. The fourth-order valence-corrected chi connectivity index (χ4v) is 2.69. The molecule has 0 aliphatic carbocycles. The summed E-state index contributed by atoms with van der Waals surface area (Å²) < 4.78 is 5.30. The number of nitrogens with zero attached hydrogens (tertiary/aromatic N) is 3. The number of hydrogen-bond acceptors (Lipinski definition) is 4. The molecule has 0 radical (unpaired) electrons. The average molecular weight is 279 g/mol. The van der Waals surface area contributed by atoms with Gasteiger partial charge >= 0.3 is 0 Å². The molecule has 1 aliphatic heterocycles. The van der Waals surface area contributed by atoms with Crippen molar-refractivity contribution in [2.75, 3.05) is 26.2 Å². The van der Waals surface area contributed by atoms with Crippen LogP contribution in [0.25, 0.3) is 0 Å². The number of carbonyl (C=O) groups excluding carboxylic acids is 1. The molecule has 1 aliphatic rings. The van der Waals surface area contributed by atoms with Crippen LogP contribution in [0.4, 0.5) is 0 Å². The Morgan fingerprint density at radius 1 is 1.30 bits per heavy atom. The van der Waals surface area contributed by atoms with Crippen molar-refractivity contribution in [2.24, 2.45) is 0 Å². The standard InChI is InChI=1S/C15H25N3O2/c1-5-6-13-14(12(4)16-20-13)15(19)18-9-7-17(8-10-18)11(2)3/h11H,5-10H2,1-4H3. The van der Waals surface area contributed by atoms with E-state index in [-0.39, 0.29) is 5.91 Å². The molecule has 1 amide bonds. The second-order valence-electron chi connectivity index (χ2n) is 5.74. The molecule has 0 spiro atoms. The Kier molecular flexibility index (Phi) is 4.81. The minimum atomic E-state index is 0.0793. The quantitative estimate of drug-likeness (QED) is 0.847. The first-order valence-corrected chi connectivity index (χ1v) is 7.53. The summed E-state index contributed by atoms with van der Waals surface area (Å²) in [4.78, 5) is 17.0. The third kappa shape index (κ3) is 3.03. The molecule has 2 heterocycles. The molecule has 20 heavy (non-hydrogen) atoms. The van der Waals surface area contributed by atoms with E-state index in [1.54, 1.807) is 0 Å². The molecule has 0 bridgehead atoms. The summed E-state index contributed by atoms with van der Waals surface area (Å²) in [5, 5.41) is 3.96. The van der Waals surface area contributed by atoms with Crippen molar-refractivity contribution >= 4 is 5.91 Å². The topological polar surface area (TPSA) is 49.6 Å². The Morgan fingerprint density at radius 2 is 1.95 bits per heavy atom. The summed E-state index contributed by atoms with van der Waals surface area (Å²) in [6.45, 7) is 11.8. The summed E-state index contributed by atoms with van der Waals surface area (Å²) >= 11 is 0. The number of carbonyl (C=O) groups is 1. The van der Waals surface area contributed by atoms with Gasteiger partial charge in [-0.1, -0.05) is 12.1 Å². The van der Waals surface area contributed by atoms with Gasteiger partial charge in [0.05, 0.1) is 5.69 Å². The van der Waals surface area contributed by atoms with E-state index in [4.69, 9.17) is 4.52 Å². The molecule has 0 unspecified atom stereocenters. The molecule has 0 aromatic carbocycles. The van der Waals surface area contributed by atoms with Crippen LogP contribution in [0.3, 0.4) is 0 Å². The Morgan fingerprint density at radius 3 is 2.50 bits per heavy atom. The number of aryl methyl sites for hydroxylation is 2. The molecular formula is C15H25N3O2. The van der Waals surface area contributed by atoms with Crippen molar-refractivity contribution in [3.05, 3.63) is 17.0 Å². The fourth-order valence-electron chi connectivity index (χ4n) is 2.69. The van der Waals surface area contributed by atoms with E-state index in [1.165, 1.54) is 0 Å². The molecule has 1 aromatic rings. The first kappa shape index (κ1) is 15.0. The Balaban J connectivity index is 2.07. The predicted octanol–water partition coefficient (Wildman–Crippen LogP) is 2.10. The first-order chi connectivity index (χ1) is 9.54. The van der Waals surface area contributed by atoms with Crippen molar-refractivity contribution in [1.29, 1.82) is 0 Å². The van der Waals surface area contributed by atoms with Gasteiger partial charge in [-0.25, -0.2) is 0 Å². The molecule has 1 fully saturated rings. The Labute approximate surface area is 120 Å². The van der Waals surface area contributed by atoms with E-state index in [1.807, 2.05) is 11.8 Å². The van der Waals surface area contributed by atoms with E-state index in [9.17, 15) is 4.79 Å². The van der Waals surface area contributed by atoms with Crippen molar-refractivity contribution in [1.82, 2.24) is 15.0 Å². The molecule has 5 nitrogen and oxygen atoms in total. The second-order valence-corrected chi connectivity index (χ2v) is 5.74. The summed E-state index contributed by atoms with van der Waals surface area (Å²) in [5.41, 5.74) is 1.40. The zero-order valence-corrected chi connectivity index (χ0v) is 13.0. The van der Waals surface area contributed by atoms with Gasteiger partial charge < -0.3 is 9.42 Å². The summed E-state index contributed by atoms with van der Waals surface area (Å²) in [7, 11) is 0. The van der Waals surface area contributed by atoms with E-state index in [0.29, 0.717) is 17.3 Å². The van der Waals surface area contributed by atoms with Gasteiger partial charge in [-0.15, -0.1) is 0 Å². The lowest BCUT2D eigenvalue weighted by Crippen LogP contribution is -2.50. The molecule has 112 valence electrons. The van der Waals surface area contributed by atoms with Crippen LogP contribution in [-0.2, 0) is 6.42 Å². The molecular weight excluding hydrogens is 254 g/mol. The molecule has 2 rings (SSSR count). The van der Waals surface area contributed by atoms with Gasteiger partial charge in [-0.05, 0) is 27.2 Å². The van der Waals surface area contributed by atoms with Gasteiger partial charge in [0.1, 0.15) is 11.3 Å². The Bertz CT molecular complexity index is 460. The van der Waals surface area contributed by atoms with Crippen LogP contribution in [0.15, 0.2) is 4.52 Å². The van der Waals surface area contributed by atoms with E-state index < -0.39 is 0 Å². The smallest absolute Gasteiger partial charge is 0.259 e. The normalized spacial score (nSPS) is 16.9. The van der Waals surface area contributed by atoms with E-state index >= 15 is 0 Å². The van der Waals surface area contributed by atoms with Gasteiger partial charge in [-0.2, -0.15) is 0 Å². The van der Waals surface area contributed by atoms with E-state index in [2.05, 4.69) is 30.8 Å². The molecule has 5 heteroatoms. The van der Waals surface area contributed by atoms with Crippen LogP contribution < -0.4 is 0 Å². The monoisotopic (exact) mass is 279 g/mol. The maximum absolute atomic E-state index is 12.7. The molecule has 0 N–H and O–H groups in total. The zero-order valence-electron chi connectivity index (χ0n) is 13.0. The van der Waals surface area contributed by atoms with Crippen LogP contribution in [0.2, 0.25) is 0 Å². The van der Waals surface area contributed by atoms with Crippen molar-refractivity contribution in [2.45, 2.75) is 46.6 Å².